The summed E-state index contributed by atoms with van der Waals surface area (Å²) in [7, 11) is 1.36. The topological polar surface area (TPSA) is 84.9 Å². The number of carbonyl (C=O) groups is 2. The zero-order valence-electron chi connectivity index (χ0n) is 19.7. The zero-order valence-corrected chi connectivity index (χ0v) is 19.7. The highest BCUT2D eigenvalue weighted by atomic mass is 16.5. The molecule has 2 unspecified atom stereocenters. The van der Waals surface area contributed by atoms with Crippen LogP contribution in [0.2, 0.25) is 0 Å². The van der Waals surface area contributed by atoms with E-state index >= 15 is 0 Å². The molecule has 1 saturated carbocycles. The Labute approximate surface area is 205 Å². The first kappa shape index (κ1) is 24.5. The van der Waals surface area contributed by atoms with E-state index in [0.29, 0.717) is 12.0 Å². The number of carbonyl (C=O) groups excluding carboxylic acids is 2. The van der Waals surface area contributed by atoms with Crippen LogP contribution in [0.4, 0.5) is 0 Å². The third-order valence-corrected chi connectivity index (χ3v) is 6.22. The van der Waals surface area contributed by atoms with Gasteiger partial charge in [-0.15, -0.1) is 0 Å². The van der Waals surface area contributed by atoms with Crippen LogP contribution in [-0.2, 0) is 22.4 Å². The molecule has 0 amide bonds. The molecule has 6 heteroatoms. The van der Waals surface area contributed by atoms with Crippen LogP contribution in [0.3, 0.4) is 0 Å². The van der Waals surface area contributed by atoms with Gasteiger partial charge in [-0.3, -0.25) is 4.79 Å². The number of methoxy groups -OCH3 is 1. The lowest BCUT2D eigenvalue weighted by Crippen LogP contribution is -2.38. The second-order valence-electron chi connectivity index (χ2n) is 8.79. The normalized spacial score (nSPS) is 18.1. The molecule has 35 heavy (non-hydrogen) atoms. The number of carboxylic acids is 1. The number of ketones is 1. The summed E-state index contributed by atoms with van der Waals surface area (Å²) in [6, 6.07) is 24.4. The van der Waals surface area contributed by atoms with Gasteiger partial charge in [-0.25, -0.2) is 0 Å². The van der Waals surface area contributed by atoms with Crippen LogP contribution in [0.5, 0.6) is 11.5 Å². The van der Waals surface area contributed by atoms with Gasteiger partial charge in [0, 0.05) is 31.9 Å². The van der Waals surface area contributed by atoms with Crippen molar-refractivity contribution < 1.29 is 28.9 Å². The first-order valence-corrected chi connectivity index (χ1v) is 11.8. The average Bonchev–Trinajstić information content (AvgIpc) is 3.31. The smallest absolute Gasteiger partial charge is 0.167 e. The van der Waals surface area contributed by atoms with Gasteiger partial charge < -0.3 is 24.1 Å². The lowest BCUT2D eigenvalue weighted by atomic mass is 10.0. The molecule has 1 aliphatic rings. The van der Waals surface area contributed by atoms with Gasteiger partial charge >= 0.3 is 0 Å². The minimum Gasteiger partial charge on any atom is -0.547 e. The predicted molar refractivity (Wildman–Crippen MR) is 130 cm³/mol. The molecule has 3 aromatic rings. The summed E-state index contributed by atoms with van der Waals surface area (Å²) >= 11 is 0. The molecule has 4 rings (SSSR count). The van der Waals surface area contributed by atoms with Gasteiger partial charge in [0.25, 0.3) is 0 Å². The Morgan fingerprint density at radius 2 is 1.40 bits per heavy atom. The van der Waals surface area contributed by atoms with Crippen molar-refractivity contribution >= 4 is 11.8 Å². The molecular formula is C29H29O6-. The van der Waals surface area contributed by atoms with Gasteiger partial charge in [0.05, 0.1) is 5.97 Å². The Morgan fingerprint density at radius 1 is 0.829 bits per heavy atom. The van der Waals surface area contributed by atoms with Crippen molar-refractivity contribution in [3.63, 3.8) is 0 Å². The predicted octanol–water partition coefficient (Wildman–Crippen LogP) is 3.80. The summed E-state index contributed by atoms with van der Waals surface area (Å²) in [6.07, 6.45) is 2.30. The highest BCUT2D eigenvalue weighted by molar-refractivity contribution is 5.97. The second-order valence-corrected chi connectivity index (χ2v) is 8.79. The average molecular weight is 474 g/mol. The number of Topliss-reactive ketones (excluding diaryl/α,β-unsaturated/α-hetero) is 1. The summed E-state index contributed by atoms with van der Waals surface area (Å²) in [6.45, 7) is 0. The summed E-state index contributed by atoms with van der Waals surface area (Å²) in [5.74, 6) is 0.346. The molecule has 0 aromatic heterocycles. The summed E-state index contributed by atoms with van der Waals surface area (Å²) in [5.41, 5.74) is 2.52. The Bertz CT molecular complexity index is 1110. The highest BCUT2D eigenvalue weighted by Crippen LogP contribution is 2.28. The Hall–Kier alpha value is -3.64. The number of benzene rings is 3. The quantitative estimate of drug-likeness (QED) is 0.394. The number of carboxylic acid groups (broad SMARTS) is 1. The van der Waals surface area contributed by atoms with Crippen LogP contribution >= 0.6 is 0 Å². The maximum atomic E-state index is 12.5. The van der Waals surface area contributed by atoms with E-state index in [1.54, 1.807) is 0 Å². The maximum absolute atomic E-state index is 12.5. The lowest BCUT2D eigenvalue weighted by Gasteiger charge is -2.17. The first-order chi connectivity index (χ1) is 17.0. The van der Waals surface area contributed by atoms with Crippen molar-refractivity contribution in [1.82, 2.24) is 0 Å². The largest absolute Gasteiger partial charge is 0.547 e. The monoisotopic (exact) mass is 473 g/mol. The second kappa shape index (κ2) is 11.7. The van der Waals surface area contributed by atoms with Crippen LogP contribution in [0.25, 0.3) is 0 Å². The van der Waals surface area contributed by atoms with E-state index in [2.05, 4.69) is 0 Å². The van der Waals surface area contributed by atoms with Gasteiger partial charge in [0.15, 0.2) is 5.78 Å². The number of ether oxygens (including phenoxy) is 3. The van der Waals surface area contributed by atoms with Gasteiger partial charge in [0.1, 0.15) is 29.8 Å². The minimum atomic E-state index is -1.22. The van der Waals surface area contributed by atoms with Gasteiger partial charge in [-0.05, 0) is 60.4 Å². The lowest BCUT2D eigenvalue weighted by molar-refractivity contribution is -0.315. The molecule has 3 atom stereocenters. The molecule has 182 valence electrons. The van der Waals surface area contributed by atoms with E-state index in [4.69, 9.17) is 14.2 Å². The fourth-order valence-corrected chi connectivity index (χ4v) is 4.28. The number of aliphatic carboxylic acids is 1. The molecule has 0 aliphatic heterocycles. The van der Waals surface area contributed by atoms with Crippen molar-refractivity contribution in [1.29, 1.82) is 0 Å². The highest BCUT2D eigenvalue weighted by Gasteiger charge is 2.27. The van der Waals surface area contributed by atoms with Crippen molar-refractivity contribution in [2.24, 2.45) is 0 Å². The molecule has 0 heterocycles. The SMILES string of the molecule is CO[C@@H](Cc1ccc(OC2CCC(Oc3ccc(C(=O)Cc4ccccc4)cc3)C2)cc1)C(=O)[O-]. The Balaban J connectivity index is 1.24. The van der Waals surface area contributed by atoms with Crippen LogP contribution in [-0.4, -0.2) is 37.2 Å². The summed E-state index contributed by atoms with van der Waals surface area (Å²) < 4.78 is 17.2. The molecule has 3 aromatic carbocycles. The van der Waals surface area contributed by atoms with Gasteiger partial charge in [0.2, 0.25) is 0 Å². The molecule has 1 fully saturated rings. The van der Waals surface area contributed by atoms with Crippen LogP contribution in [0.15, 0.2) is 78.9 Å². The van der Waals surface area contributed by atoms with E-state index in [9.17, 15) is 14.7 Å². The number of rotatable bonds is 11. The van der Waals surface area contributed by atoms with E-state index < -0.39 is 12.1 Å². The van der Waals surface area contributed by atoms with Gasteiger partial charge in [-0.2, -0.15) is 0 Å². The molecule has 0 spiro atoms. The van der Waals surface area contributed by atoms with E-state index in [1.807, 2.05) is 78.9 Å². The van der Waals surface area contributed by atoms with E-state index in [-0.39, 0.29) is 24.4 Å². The standard InChI is InChI=1S/C29H30O6/c1-33-28(29(31)32)18-21-7-11-23(12-8-21)34-25-15-16-26(19-25)35-24-13-9-22(10-14-24)27(30)17-20-5-3-2-4-6-20/h2-14,25-26,28H,15-19H2,1H3,(H,31,32)/p-1/t25?,26?,28-/m0/s1. The van der Waals surface area contributed by atoms with E-state index in [0.717, 1.165) is 41.9 Å². The third-order valence-electron chi connectivity index (χ3n) is 6.22. The molecular weight excluding hydrogens is 444 g/mol. The maximum Gasteiger partial charge on any atom is 0.167 e. The summed E-state index contributed by atoms with van der Waals surface area (Å²) in [4.78, 5) is 23.5. The third kappa shape index (κ3) is 6.93. The van der Waals surface area contributed by atoms with Crippen molar-refractivity contribution in [3.8, 4) is 11.5 Å². The van der Waals surface area contributed by atoms with Crippen LogP contribution in [0.1, 0.15) is 40.7 Å². The Morgan fingerprint density at radius 3 is 1.94 bits per heavy atom. The molecule has 0 bridgehead atoms. The van der Waals surface area contributed by atoms with Gasteiger partial charge in [-0.1, -0.05) is 42.5 Å². The fourth-order valence-electron chi connectivity index (χ4n) is 4.28. The molecule has 0 saturated heterocycles. The molecule has 0 radical (unpaired) electrons. The first-order valence-electron chi connectivity index (χ1n) is 11.8. The molecule has 1 aliphatic carbocycles. The zero-order chi connectivity index (χ0) is 24.6. The Kier molecular flexibility index (Phi) is 8.16. The van der Waals surface area contributed by atoms with Crippen LogP contribution < -0.4 is 14.6 Å². The fraction of sp³-hybridized carbons (Fsp3) is 0.310. The van der Waals surface area contributed by atoms with Crippen molar-refractivity contribution in [2.45, 2.75) is 50.4 Å². The number of hydrogen-bond donors (Lipinski definition) is 0. The molecule has 6 nitrogen and oxygen atoms in total. The van der Waals surface area contributed by atoms with E-state index in [1.165, 1.54) is 7.11 Å². The van der Waals surface area contributed by atoms with Crippen LogP contribution in [0, 0.1) is 0 Å². The summed E-state index contributed by atoms with van der Waals surface area (Å²) in [5, 5.41) is 11.0. The van der Waals surface area contributed by atoms with Crippen molar-refractivity contribution in [2.75, 3.05) is 7.11 Å². The minimum absolute atomic E-state index is 0.0486. The molecule has 0 N–H and O–H groups in total. The number of hydrogen-bond acceptors (Lipinski definition) is 6. The van der Waals surface area contributed by atoms with Crippen molar-refractivity contribution in [3.05, 3.63) is 95.6 Å².